The summed E-state index contributed by atoms with van der Waals surface area (Å²) in [5, 5.41) is 0. The van der Waals surface area contributed by atoms with Gasteiger partial charge >= 0.3 is 0 Å². The number of ether oxygens (including phenoxy) is 2. The molecule has 0 spiro atoms. The first-order chi connectivity index (χ1) is 17.1. The fraction of sp³-hybridized carbons (Fsp3) is 0.636. The lowest BCUT2D eigenvalue weighted by molar-refractivity contribution is 0.206. The van der Waals surface area contributed by atoms with Gasteiger partial charge in [0, 0.05) is 0 Å². The first kappa shape index (κ1) is 29.3. The van der Waals surface area contributed by atoms with E-state index in [1.165, 1.54) is 88.2 Å². The minimum Gasteiger partial charge on any atom is -0.494 e. The Morgan fingerprint density at radius 2 is 1.09 bits per heavy atom. The van der Waals surface area contributed by atoms with Crippen molar-refractivity contribution in [3.05, 3.63) is 48.5 Å². The van der Waals surface area contributed by atoms with Crippen molar-refractivity contribution in [1.82, 2.24) is 0 Å². The molecule has 2 rings (SSSR count). The van der Waals surface area contributed by atoms with E-state index >= 15 is 0 Å². The molecule has 196 valence electrons. The summed E-state index contributed by atoms with van der Waals surface area (Å²) in [6.07, 6.45) is 18.6. The van der Waals surface area contributed by atoms with Crippen LogP contribution in [0.1, 0.15) is 118 Å². The normalized spacial score (nSPS) is 12.9. The Morgan fingerprint density at radius 3 is 1.69 bits per heavy atom. The van der Waals surface area contributed by atoms with Crippen molar-refractivity contribution in [2.24, 2.45) is 5.92 Å². The molecule has 0 unspecified atom stereocenters. The SMILES string of the molecule is CCCCCC[C@@H](C)Oc1ccc(-c2ccc(OCCCCCCCCC[C@@H](C)CC)cc2)cc1. The van der Waals surface area contributed by atoms with Gasteiger partial charge in [-0.25, -0.2) is 0 Å². The highest BCUT2D eigenvalue weighted by Crippen LogP contribution is 2.25. The summed E-state index contributed by atoms with van der Waals surface area (Å²) >= 11 is 0. The Morgan fingerprint density at radius 1 is 0.571 bits per heavy atom. The molecule has 0 heterocycles. The van der Waals surface area contributed by atoms with E-state index in [-0.39, 0.29) is 6.10 Å². The van der Waals surface area contributed by atoms with Crippen LogP contribution in [-0.4, -0.2) is 12.7 Å². The summed E-state index contributed by atoms with van der Waals surface area (Å²) in [6, 6.07) is 17.0. The fourth-order valence-corrected chi connectivity index (χ4v) is 4.49. The van der Waals surface area contributed by atoms with Crippen molar-refractivity contribution >= 4 is 0 Å². The van der Waals surface area contributed by atoms with Gasteiger partial charge in [0.05, 0.1) is 12.7 Å². The van der Waals surface area contributed by atoms with Crippen LogP contribution >= 0.6 is 0 Å². The van der Waals surface area contributed by atoms with Crippen molar-refractivity contribution in [1.29, 1.82) is 0 Å². The maximum absolute atomic E-state index is 6.09. The summed E-state index contributed by atoms with van der Waals surface area (Å²) in [5.74, 6) is 2.83. The molecular weight excluding hydrogens is 428 g/mol. The molecule has 0 aliphatic carbocycles. The van der Waals surface area contributed by atoms with Gasteiger partial charge in [-0.3, -0.25) is 0 Å². The third kappa shape index (κ3) is 13.1. The van der Waals surface area contributed by atoms with Crippen LogP contribution in [0.15, 0.2) is 48.5 Å². The van der Waals surface area contributed by atoms with Gasteiger partial charge in [0.1, 0.15) is 11.5 Å². The quantitative estimate of drug-likeness (QED) is 0.175. The standard InChI is InChI=1S/C33H52O2/c1-5-7-8-15-18-29(4)35-33-25-21-31(22-26-33)30-19-23-32(24-20-30)34-27-16-13-11-9-10-12-14-17-28(3)6-2/h19-26,28-29H,5-18,27H2,1-4H3/t28-,29+/m0/s1. The number of hydrogen-bond donors (Lipinski definition) is 0. The molecule has 0 aromatic heterocycles. The topological polar surface area (TPSA) is 18.5 Å². The number of hydrogen-bond acceptors (Lipinski definition) is 2. The van der Waals surface area contributed by atoms with Gasteiger partial charge in [-0.15, -0.1) is 0 Å². The van der Waals surface area contributed by atoms with Gasteiger partial charge in [-0.05, 0) is 67.5 Å². The predicted octanol–water partition coefficient (Wildman–Crippen LogP) is 10.6. The van der Waals surface area contributed by atoms with E-state index in [1.54, 1.807) is 0 Å². The molecule has 2 aromatic carbocycles. The molecule has 2 heteroatoms. The molecule has 0 saturated heterocycles. The summed E-state index contributed by atoms with van der Waals surface area (Å²) in [7, 11) is 0. The maximum atomic E-state index is 6.09. The molecule has 0 saturated carbocycles. The zero-order valence-corrected chi connectivity index (χ0v) is 23.2. The third-order valence-corrected chi connectivity index (χ3v) is 7.15. The highest BCUT2D eigenvalue weighted by molar-refractivity contribution is 5.64. The van der Waals surface area contributed by atoms with Crippen LogP contribution in [-0.2, 0) is 0 Å². The Balaban J connectivity index is 1.59. The van der Waals surface area contributed by atoms with E-state index in [2.05, 4.69) is 76.2 Å². The third-order valence-electron chi connectivity index (χ3n) is 7.15. The minimum absolute atomic E-state index is 0.272. The van der Waals surface area contributed by atoms with Crippen molar-refractivity contribution in [2.45, 2.75) is 124 Å². The van der Waals surface area contributed by atoms with Crippen LogP contribution in [0.2, 0.25) is 0 Å². The first-order valence-corrected chi connectivity index (χ1v) is 14.6. The number of unbranched alkanes of at least 4 members (excludes halogenated alkanes) is 9. The smallest absolute Gasteiger partial charge is 0.119 e. The van der Waals surface area contributed by atoms with Gasteiger partial charge in [0.25, 0.3) is 0 Å². The van der Waals surface area contributed by atoms with Crippen LogP contribution in [0, 0.1) is 5.92 Å². The lowest BCUT2D eigenvalue weighted by Crippen LogP contribution is -2.11. The molecule has 0 radical (unpaired) electrons. The van der Waals surface area contributed by atoms with E-state index in [1.807, 2.05) is 0 Å². The summed E-state index contributed by atoms with van der Waals surface area (Å²) < 4.78 is 12.1. The zero-order chi connectivity index (χ0) is 25.1. The highest BCUT2D eigenvalue weighted by Gasteiger charge is 2.05. The highest BCUT2D eigenvalue weighted by atomic mass is 16.5. The molecule has 0 bridgehead atoms. The largest absolute Gasteiger partial charge is 0.494 e. The van der Waals surface area contributed by atoms with Gasteiger partial charge in [-0.2, -0.15) is 0 Å². The van der Waals surface area contributed by atoms with Gasteiger partial charge in [0.15, 0.2) is 0 Å². The van der Waals surface area contributed by atoms with Gasteiger partial charge in [-0.1, -0.05) is 116 Å². The summed E-state index contributed by atoms with van der Waals surface area (Å²) in [6.45, 7) is 9.91. The first-order valence-electron chi connectivity index (χ1n) is 14.6. The van der Waals surface area contributed by atoms with Crippen molar-refractivity contribution < 1.29 is 9.47 Å². The van der Waals surface area contributed by atoms with Crippen molar-refractivity contribution in [3.63, 3.8) is 0 Å². The molecule has 0 amide bonds. The molecule has 0 aliphatic heterocycles. The van der Waals surface area contributed by atoms with E-state index in [0.29, 0.717) is 0 Å². The molecule has 2 atom stereocenters. The second-order valence-electron chi connectivity index (χ2n) is 10.5. The van der Waals surface area contributed by atoms with Gasteiger partial charge in [0.2, 0.25) is 0 Å². The lowest BCUT2D eigenvalue weighted by Gasteiger charge is -2.15. The zero-order valence-electron chi connectivity index (χ0n) is 23.2. The molecule has 2 nitrogen and oxygen atoms in total. The van der Waals surface area contributed by atoms with E-state index in [9.17, 15) is 0 Å². The van der Waals surface area contributed by atoms with E-state index in [0.717, 1.165) is 36.9 Å². The summed E-state index contributed by atoms with van der Waals surface area (Å²) in [4.78, 5) is 0. The van der Waals surface area contributed by atoms with Crippen LogP contribution in [0.3, 0.4) is 0 Å². The lowest BCUT2D eigenvalue weighted by atomic mass is 10.00. The Hall–Kier alpha value is -1.96. The molecule has 2 aromatic rings. The Labute approximate surface area is 216 Å². The van der Waals surface area contributed by atoms with Crippen LogP contribution in [0.5, 0.6) is 11.5 Å². The van der Waals surface area contributed by atoms with Gasteiger partial charge < -0.3 is 9.47 Å². The molecule has 0 N–H and O–H groups in total. The number of rotatable bonds is 20. The molecule has 0 fully saturated rings. The Kier molecular flexibility index (Phi) is 15.3. The van der Waals surface area contributed by atoms with E-state index in [4.69, 9.17) is 9.47 Å². The second-order valence-corrected chi connectivity index (χ2v) is 10.5. The fourth-order valence-electron chi connectivity index (χ4n) is 4.49. The van der Waals surface area contributed by atoms with Crippen LogP contribution in [0.4, 0.5) is 0 Å². The average Bonchev–Trinajstić information content (AvgIpc) is 2.88. The van der Waals surface area contributed by atoms with Crippen molar-refractivity contribution in [2.75, 3.05) is 6.61 Å². The molecule has 35 heavy (non-hydrogen) atoms. The maximum Gasteiger partial charge on any atom is 0.119 e. The van der Waals surface area contributed by atoms with Crippen LogP contribution in [0.25, 0.3) is 11.1 Å². The average molecular weight is 481 g/mol. The predicted molar refractivity (Wildman–Crippen MR) is 153 cm³/mol. The second kappa shape index (κ2) is 18.3. The number of benzene rings is 2. The monoisotopic (exact) mass is 480 g/mol. The molecular formula is C33H52O2. The van der Waals surface area contributed by atoms with Crippen molar-refractivity contribution in [3.8, 4) is 22.6 Å². The summed E-state index contributed by atoms with van der Waals surface area (Å²) in [5.41, 5.74) is 2.42. The Bertz CT molecular complexity index is 750. The van der Waals surface area contributed by atoms with Crippen LogP contribution < -0.4 is 9.47 Å². The van der Waals surface area contributed by atoms with E-state index < -0.39 is 0 Å². The minimum atomic E-state index is 0.272. The molecule has 0 aliphatic rings.